The minimum Gasteiger partial charge on any atom is -2.00 e. The number of hydrogen-bond acceptors (Lipinski definition) is 22. The molecule has 0 aliphatic carbocycles. The SMILES string of the molecule is OC[C@H]1O[C@H](O[C@H]2[C@H](O)[C@@H](O)[C@H](O)O[C@@H]2CO)C(O)[C@@H](O)[C@@H]1O.OC[C@H]1O[C@H](O[C@H]2[C@H](O)[C@@H](O)[C@H](O)O[C@@H]2CO)C(O)[C@@H](O)[C@@H]1O.[O-2].[V+4]. The molecule has 20 atom stereocenters. The Morgan fingerprint density at radius 2 is 0.646 bits per heavy atom. The molecular weight excluding hydrogens is 707 g/mol. The molecule has 4 saturated heterocycles. The van der Waals surface area contributed by atoms with Crippen molar-refractivity contribution in [3.05, 3.63) is 0 Å². The minimum absolute atomic E-state index is 0. The maximum Gasteiger partial charge on any atom is 4.00 e. The maximum atomic E-state index is 9.94. The zero-order valence-corrected chi connectivity index (χ0v) is 26.2. The summed E-state index contributed by atoms with van der Waals surface area (Å²) in [5, 5.41) is 153. The fourth-order valence-corrected chi connectivity index (χ4v) is 5.14. The van der Waals surface area contributed by atoms with E-state index in [-0.39, 0.29) is 24.0 Å². The van der Waals surface area contributed by atoms with Crippen molar-refractivity contribution in [3.8, 4) is 0 Å². The summed E-state index contributed by atoms with van der Waals surface area (Å²) in [6.07, 6.45) is -31.1. The second-order valence-corrected chi connectivity index (χ2v) is 11.1. The van der Waals surface area contributed by atoms with Crippen molar-refractivity contribution < 1.29 is 134 Å². The minimum atomic E-state index is -1.74. The first-order valence-electron chi connectivity index (χ1n) is 14.2. The molecule has 0 spiro atoms. The Labute approximate surface area is 283 Å². The summed E-state index contributed by atoms with van der Waals surface area (Å²) in [4.78, 5) is 0. The van der Waals surface area contributed by atoms with Crippen molar-refractivity contribution in [3.63, 3.8) is 0 Å². The fourth-order valence-electron chi connectivity index (χ4n) is 5.14. The zero-order valence-electron chi connectivity index (χ0n) is 24.8. The normalized spacial score (nSPS) is 49.5. The van der Waals surface area contributed by atoms with Crippen LogP contribution < -0.4 is 0 Å². The van der Waals surface area contributed by atoms with Crippen LogP contribution in [0.15, 0.2) is 0 Å². The Kier molecular flexibility index (Phi) is 19.1. The van der Waals surface area contributed by atoms with Gasteiger partial charge in [-0.25, -0.2) is 0 Å². The Balaban J connectivity index is 0.000000461. The van der Waals surface area contributed by atoms with Gasteiger partial charge in [-0.2, -0.15) is 0 Å². The number of hydrogen-bond donors (Lipinski definition) is 16. The molecule has 4 fully saturated rings. The van der Waals surface area contributed by atoms with Crippen LogP contribution in [0.25, 0.3) is 0 Å². The summed E-state index contributed by atoms with van der Waals surface area (Å²) in [6, 6.07) is 0. The van der Waals surface area contributed by atoms with Crippen molar-refractivity contribution >= 4 is 0 Å². The molecule has 24 heteroatoms. The Morgan fingerprint density at radius 3 is 0.917 bits per heavy atom. The molecule has 23 nitrogen and oxygen atoms in total. The summed E-state index contributed by atoms with van der Waals surface area (Å²) >= 11 is 0. The summed E-state index contributed by atoms with van der Waals surface area (Å²) < 4.78 is 30.5. The monoisotopic (exact) mass is 751 g/mol. The number of rotatable bonds is 8. The Bertz CT molecular complexity index is 834. The molecule has 0 aromatic heterocycles. The van der Waals surface area contributed by atoms with E-state index in [0.717, 1.165) is 0 Å². The molecule has 281 valence electrons. The van der Waals surface area contributed by atoms with E-state index in [1.807, 2.05) is 0 Å². The first-order valence-corrected chi connectivity index (χ1v) is 14.2. The van der Waals surface area contributed by atoms with Crippen LogP contribution in [0.2, 0.25) is 0 Å². The van der Waals surface area contributed by atoms with Crippen LogP contribution in [0.5, 0.6) is 0 Å². The molecule has 4 rings (SSSR count). The molecule has 0 aromatic carbocycles. The fraction of sp³-hybridized carbons (Fsp3) is 1.00. The summed E-state index contributed by atoms with van der Waals surface area (Å²) in [6.45, 7) is -2.69. The topological polar surface area (TPSA) is 408 Å². The van der Waals surface area contributed by atoms with Crippen LogP contribution in [0.4, 0.5) is 0 Å². The zero-order chi connectivity index (χ0) is 34.6. The molecule has 4 aliphatic heterocycles. The summed E-state index contributed by atoms with van der Waals surface area (Å²) in [7, 11) is 0. The van der Waals surface area contributed by atoms with Crippen molar-refractivity contribution in [1.29, 1.82) is 0 Å². The van der Waals surface area contributed by atoms with Crippen LogP contribution in [-0.4, -0.2) is 231 Å². The molecule has 0 saturated carbocycles. The van der Waals surface area contributed by atoms with E-state index >= 15 is 0 Å². The molecule has 4 heterocycles. The maximum absolute atomic E-state index is 9.94. The molecule has 16 N–H and O–H groups in total. The van der Waals surface area contributed by atoms with Crippen LogP contribution in [0.3, 0.4) is 0 Å². The number of ether oxygens (including phenoxy) is 6. The third kappa shape index (κ3) is 9.95. The second-order valence-electron chi connectivity index (χ2n) is 11.1. The van der Waals surface area contributed by atoms with Gasteiger partial charge in [-0.05, 0) is 0 Å². The third-order valence-corrected chi connectivity index (χ3v) is 7.96. The standard InChI is InChI=1S/2C12H22O11.O.V/c2*13-1-3-5(15)6(16)9(19)12(22-3)23-10-4(2-14)21-11(20)8(18)7(10)17;;/h2*3-20H,1-2H2;;/q;;-2;+4/t2*3-,4-,5-,6+,7-,8-,9?,10-,11-,12-;;/m11../s1. The molecule has 1 radical (unpaired) electrons. The van der Waals surface area contributed by atoms with Gasteiger partial charge in [-0.15, -0.1) is 0 Å². The van der Waals surface area contributed by atoms with Gasteiger partial charge in [-0.3, -0.25) is 0 Å². The van der Waals surface area contributed by atoms with E-state index in [1.54, 1.807) is 0 Å². The molecular formula is C24H44O23V+2. The van der Waals surface area contributed by atoms with E-state index in [2.05, 4.69) is 0 Å². The van der Waals surface area contributed by atoms with E-state index in [1.165, 1.54) is 0 Å². The molecule has 0 aromatic rings. The van der Waals surface area contributed by atoms with Crippen LogP contribution in [0.1, 0.15) is 0 Å². The van der Waals surface area contributed by atoms with E-state index in [0.29, 0.717) is 0 Å². The molecule has 48 heavy (non-hydrogen) atoms. The summed E-state index contributed by atoms with van der Waals surface area (Å²) in [5.41, 5.74) is 0. The van der Waals surface area contributed by atoms with Gasteiger partial charge < -0.3 is 116 Å². The van der Waals surface area contributed by atoms with Crippen molar-refractivity contribution in [2.45, 2.75) is 123 Å². The number of aliphatic hydroxyl groups is 16. The predicted molar refractivity (Wildman–Crippen MR) is 138 cm³/mol. The van der Waals surface area contributed by atoms with Gasteiger partial charge in [0, 0.05) is 0 Å². The van der Waals surface area contributed by atoms with Gasteiger partial charge >= 0.3 is 18.6 Å². The van der Waals surface area contributed by atoms with Gasteiger partial charge in [0.15, 0.2) is 25.2 Å². The average Bonchev–Trinajstić information content (AvgIpc) is 3.05. The van der Waals surface area contributed by atoms with Crippen molar-refractivity contribution in [2.24, 2.45) is 0 Å². The average molecular weight is 752 g/mol. The Hall–Kier alpha value is -0.336. The van der Waals surface area contributed by atoms with Crippen LogP contribution in [-0.2, 0) is 52.5 Å². The summed E-state index contributed by atoms with van der Waals surface area (Å²) in [5.74, 6) is 0. The van der Waals surface area contributed by atoms with Crippen molar-refractivity contribution in [2.75, 3.05) is 26.4 Å². The quantitative estimate of drug-likeness (QED) is 0.109. The second kappa shape index (κ2) is 20.1. The van der Waals surface area contributed by atoms with E-state index in [4.69, 9.17) is 38.6 Å². The smallest absolute Gasteiger partial charge is 2.00 e. The van der Waals surface area contributed by atoms with Gasteiger partial charge in [0.25, 0.3) is 0 Å². The van der Waals surface area contributed by atoms with Crippen LogP contribution >= 0.6 is 0 Å². The largest absolute Gasteiger partial charge is 4.00 e. The molecule has 4 aliphatic rings. The first-order chi connectivity index (χ1) is 21.6. The molecule has 2 unspecified atom stereocenters. The van der Waals surface area contributed by atoms with Crippen molar-refractivity contribution in [1.82, 2.24) is 0 Å². The molecule has 0 bridgehead atoms. The molecule has 0 amide bonds. The van der Waals surface area contributed by atoms with Crippen LogP contribution in [0, 0.1) is 0 Å². The van der Waals surface area contributed by atoms with E-state index in [9.17, 15) is 71.5 Å². The number of aliphatic hydroxyl groups excluding tert-OH is 16. The van der Waals surface area contributed by atoms with Gasteiger partial charge in [-0.1, -0.05) is 0 Å². The van der Waals surface area contributed by atoms with Gasteiger partial charge in [0.1, 0.15) is 97.7 Å². The third-order valence-electron chi connectivity index (χ3n) is 7.96. The van der Waals surface area contributed by atoms with Gasteiger partial charge in [0.2, 0.25) is 0 Å². The van der Waals surface area contributed by atoms with Gasteiger partial charge in [0.05, 0.1) is 26.4 Å². The van der Waals surface area contributed by atoms with E-state index < -0.39 is 149 Å². The first kappa shape index (κ1) is 45.7. The Morgan fingerprint density at radius 1 is 0.354 bits per heavy atom. The predicted octanol–water partition coefficient (Wildman–Crippen LogP) is -10.9.